The van der Waals surface area contributed by atoms with Crippen molar-refractivity contribution in [2.75, 3.05) is 0 Å². The zero-order valence-corrected chi connectivity index (χ0v) is 7.11. The zero-order valence-electron chi connectivity index (χ0n) is 6.29. The van der Waals surface area contributed by atoms with Gasteiger partial charge < -0.3 is 0 Å². The van der Waals surface area contributed by atoms with E-state index >= 15 is 0 Å². The van der Waals surface area contributed by atoms with E-state index in [0.29, 0.717) is 0 Å². The number of sulfonamides is 1. The van der Waals surface area contributed by atoms with Gasteiger partial charge in [-0.25, -0.2) is 13.6 Å². The highest BCUT2D eigenvalue weighted by Crippen LogP contribution is 2.47. The molecule has 0 aromatic carbocycles. The van der Waals surface area contributed by atoms with Crippen molar-refractivity contribution in [2.45, 2.75) is 31.4 Å². The predicted octanol–water partition coefficient (Wildman–Crippen LogP) is 0.464. The molecule has 0 amide bonds. The van der Waals surface area contributed by atoms with Gasteiger partial charge in [0.25, 0.3) is 0 Å². The molecule has 4 heteroatoms. The molecule has 1 rings (SSSR count). The molecule has 0 aromatic rings. The van der Waals surface area contributed by atoms with Crippen LogP contribution >= 0.6 is 0 Å². The van der Waals surface area contributed by atoms with Crippen molar-refractivity contribution in [3.63, 3.8) is 0 Å². The van der Waals surface area contributed by atoms with E-state index in [0.717, 1.165) is 12.8 Å². The molecule has 0 heterocycles. The van der Waals surface area contributed by atoms with E-state index in [1.54, 1.807) is 0 Å². The molecule has 0 atom stereocenters. The molecule has 2 N–H and O–H groups in total. The van der Waals surface area contributed by atoms with Crippen LogP contribution in [-0.2, 0) is 10.0 Å². The summed E-state index contributed by atoms with van der Waals surface area (Å²) >= 11 is 0. The lowest BCUT2D eigenvalue weighted by atomic mass is 10.1. The van der Waals surface area contributed by atoms with Crippen LogP contribution in [0.3, 0.4) is 0 Å². The number of primary sulfonamides is 1. The Morgan fingerprint density at radius 2 is 1.80 bits per heavy atom. The second-order valence-corrected chi connectivity index (χ2v) is 5.17. The quantitative estimate of drug-likeness (QED) is 0.643. The van der Waals surface area contributed by atoms with E-state index in [1.807, 2.05) is 13.8 Å². The maximum atomic E-state index is 10.9. The van der Waals surface area contributed by atoms with E-state index in [-0.39, 0.29) is 5.92 Å². The van der Waals surface area contributed by atoms with E-state index in [1.165, 1.54) is 0 Å². The summed E-state index contributed by atoms with van der Waals surface area (Å²) in [6, 6.07) is 0. The Morgan fingerprint density at radius 3 is 1.80 bits per heavy atom. The third-order valence-electron chi connectivity index (χ3n) is 2.36. The minimum Gasteiger partial charge on any atom is -0.228 e. The van der Waals surface area contributed by atoms with Crippen LogP contribution in [0.1, 0.15) is 26.7 Å². The van der Waals surface area contributed by atoms with Gasteiger partial charge in [0.05, 0.1) is 4.75 Å². The fourth-order valence-corrected chi connectivity index (χ4v) is 2.64. The molecule has 1 aliphatic rings. The lowest BCUT2D eigenvalue weighted by Crippen LogP contribution is -2.34. The van der Waals surface area contributed by atoms with E-state index in [9.17, 15) is 8.42 Å². The van der Waals surface area contributed by atoms with E-state index in [2.05, 4.69) is 0 Å². The normalized spacial score (nSPS) is 23.2. The van der Waals surface area contributed by atoms with Crippen molar-refractivity contribution in [3.8, 4) is 0 Å². The molecule has 3 nitrogen and oxygen atoms in total. The van der Waals surface area contributed by atoms with Gasteiger partial charge in [-0.3, -0.25) is 0 Å². The van der Waals surface area contributed by atoms with Crippen molar-refractivity contribution >= 4 is 10.0 Å². The first-order chi connectivity index (χ1) is 4.40. The van der Waals surface area contributed by atoms with Crippen LogP contribution in [0.4, 0.5) is 0 Å². The Morgan fingerprint density at radius 1 is 1.40 bits per heavy atom. The van der Waals surface area contributed by atoms with Gasteiger partial charge in [0.2, 0.25) is 10.0 Å². The first kappa shape index (κ1) is 8.01. The summed E-state index contributed by atoms with van der Waals surface area (Å²) in [6.45, 7) is 3.80. The fourth-order valence-electron chi connectivity index (χ4n) is 1.31. The second kappa shape index (κ2) is 1.95. The maximum Gasteiger partial charge on any atom is 0.215 e. The Bertz CT molecular complexity index is 226. The molecule has 0 radical (unpaired) electrons. The molecule has 10 heavy (non-hydrogen) atoms. The fraction of sp³-hybridized carbons (Fsp3) is 1.00. The SMILES string of the molecule is CC(C)C1(S(N)(=O)=O)CC1. The molecular formula is C6H13NO2S. The smallest absolute Gasteiger partial charge is 0.215 e. The Kier molecular flexibility index (Phi) is 1.56. The molecule has 0 spiro atoms. The third kappa shape index (κ3) is 0.953. The highest BCUT2D eigenvalue weighted by molar-refractivity contribution is 7.90. The van der Waals surface area contributed by atoms with Crippen molar-refractivity contribution in [2.24, 2.45) is 11.1 Å². The summed E-state index contributed by atoms with van der Waals surface area (Å²) in [5.74, 6) is 0.155. The van der Waals surface area contributed by atoms with Crippen LogP contribution in [-0.4, -0.2) is 13.2 Å². The van der Waals surface area contributed by atoms with Crippen molar-refractivity contribution in [3.05, 3.63) is 0 Å². The van der Waals surface area contributed by atoms with E-state index < -0.39 is 14.8 Å². The largest absolute Gasteiger partial charge is 0.228 e. The molecule has 0 unspecified atom stereocenters. The van der Waals surface area contributed by atoms with Gasteiger partial charge in [0, 0.05) is 0 Å². The molecule has 0 aromatic heterocycles. The summed E-state index contributed by atoms with van der Waals surface area (Å²) in [6.07, 6.45) is 1.48. The van der Waals surface area contributed by atoms with Gasteiger partial charge in [-0.2, -0.15) is 0 Å². The highest BCUT2D eigenvalue weighted by Gasteiger charge is 2.54. The lowest BCUT2D eigenvalue weighted by Gasteiger charge is -2.15. The highest BCUT2D eigenvalue weighted by atomic mass is 32.2. The number of hydrogen-bond donors (Lipinski definition) is 1. The van der Waals surface area contributed by atoms with Crippen LogP contribution in [0.15, 0.2) is 0 Å². The Balaban J connectivity index is 2.91. The second-order valence-electron chi connectivity index (χ2n) is 3.26. The third-order valence-corrected chi connectivity index (χ3v) is 4.37. The van der Waals surface area contributed by atoms with E-state index in [4.69, 9.17) is 5.14 Å². The summed E-state index contributed by atoms with van der Waals surface area (Å²) in [5, 5.41) is 5.05. The topological polar surface area (TPSA) is 60.2 Å². The minimum atomic E-state index is -3.29. The number of rotatable bonds is 2. The molecule has 1 fully saturated rings. The molecule has 0 saturated heterocycles. The van der Waals surface area contributed by atoms with Gasteiger partial charge in [0.1, 0.15) is 0 Å². The minimum absolute atomic E-state index is 0.155. The van der Waals surface area contributed by atoms with Crippen molar-refractivity contribution < 1.29 is 8.42 Å². The number of nitrogens with two attached hydrogens (primary N) is 1. The van der Waals surface area contributed by atoms with Crippen molar-refractivity contribution in [1.29, 1.82) is 0 Å². The summed E-state index contributed by atoms with van der Waals surface area (Å²) < 4.78 is 21.3. The monoisotopic (exact) mass is 163 g/mol. The molecular weight excluding hydrogens is 150 g/mol. The molecule has 60 valence electrons. The van der Waals surface area contributed by atoms with Gasteiger partial charge in [-0.1, -0.05) is 13.8 Å². The standard InChI is InChI=1S/C6H13NO2S/c1-5(2)6(3-4-6)10(7,8)9/h5H,3-4H2,1-2H3,(H2,7,8,9). The van der Waals surface area contributed by atoms with Crippen molar-refractivity contribution in [1.82, 2.24) is 0 Å². The first-order valence-corrected chi connectivity index (χ1v) is 4.97. The van der Waals surface area contributed by atoms with Gasteiger partial charge >= 0.3 is 0 Å². The predicted molar refractivity (Wildman–Crippen MR) is 39.9 cm³/mol. The zero-order chi connectivity index (χ0) is 7.99. The van der Waals surface area contributed by atoms with Crippen LogP contribution in [0.5, 0.6) is 0 Å². The molecule has 0 aliphatic heterocycles. The van der Waals surface area contributed by atoms with Gasteiger partial charge in [0.15, 0.2) is 0 Å². The summed E-state index contributed by atoms with van der Waals surface area (Å²) in [7, 11) is -3.29. The molecule has 1 aliphatic carbocycles. The molecule has 0 bridgehead atoms. The Labute approximate surface area is 61.7 Å². The maximum absolute atomic E-state index is 10.9. The molecule has 1 saturated carbocycles. The van der Waals surface area contributed by atoms with Gasteiger partial charge in [-0.05, 0) is 18.8 Å². The van der Waals surface area contributed by atoms with Crippen LogP contribution in [0.25, 0.3) is 0 Å². The van der Waals surface area contributed by atoms with Crippen LogP contribution < -0.4 is 5.14 Å². The average Bonchev–Trinajstić information content (AvgIpc) is 2.36. The van der Waals surface area contributed by atoms with Gasteiger partial charge in [-0.15, -0.1) is 0 Å². The lowest BCUT2D eigenvalue weighted by molar-refractivity contribution is 0.524. The average molecular weight is 163 g/mol. The van der Waals surface area contributed by atoms with Crippen LogP contribution in [0.2, 0.25) is 0 Å². The number of hydrogen-bond acceptors (Lipinski definition) is 2. The Hall–Kier alpha value is -0.0900. The first-order valence-electron chi connectivity index (χ1n) is 3.42. The summed E-state index contributed by atoms with van der Waals surface area (Å²) in [5.41, 5.74) is 0. The van der Waals surface area contributed by atoms with Crippen LogP contribution in [0, 0.1) is 5.92 Å². The summed E-state index contributed by atoms with van der Waals surface area (Å²) in [4.78, 5) is 0.